The number of terminal acetylenes is 1. The van der Waals surface area contributed by atoms with Crippen LogP contribution in [0.2, 0.25) is 0 Å². The third-order valence-corrected chi connectivity index (χ3v) is 0.730. The summed E-state index contributed by atoms with van der Waals surface area (Å²) in [6.07, 6.45) is 4.90. The smallest absolute Gasteiger partial charge is 0.149 e. The summed E-state index contributed by atoms with van der Waals surface area (Å²) in [7, 11) is 0. The van der Waals surface area contributed by atoms with E-state index in [1.165, 1.54) is 0 Å². The van der Waals surface area contributed by atoms with Gasteiger partial charge in [-0.2, -0.15) is 0 Å². The summed E-state index contributed by atoms with van der Waals surface area (Å²) in [5.41, 5.74) is 0. The van der Waals surface area contributed by atoms with Gasteiger partial charge in [-0.1, -0.05) is 17.8 Å². The number of hydrogen-bond donors (Lipinski definition) is 1. The molecule has 0 unspecified atom stereocenters. The van der Waals surface area contributed by atoms with Gasteiger partial charge >= 0.3 is 0 Å². The highest BCUT2D eigenvalue weighted by molar-refractivity contribution is 4.98. The fraction of sp³-hybridized carbons (Fsp3) is 0.500. The summed E-state index contributed by atoms with van der Waals surface area (Å²) in [5, 5.41) is 8.22. The fourth-order valence-electron chi connectivity index (χ4n) is 0.359. The Bertz CT molecular complexity index is 170. The van der Waals surface area contributed by atoms with Crippen molar-refractivity contribution in [2.75, 3.05) is 26.6 Å². The molecule has 11 heavy (non-hydrogen) atoms. The highest BCUT2D eigenvalue weighted by atomic mass is 16.7. The molecule has 0 aromatic heterocycles. The number of aliphatic hydroxyl groups is 1. The maximum atomic E-state index is 8.22. The van der Waals surface area contributed by atoms with Crippen LogP contribution in [0.15, 0.2) is 0 Å². The average Bonchev–Trinajstić information content (AvgIpc) is 2.03. The first-order valence-corrected chi connectivity index (χ1v) is 3.07. The van der Waals surface area contributed by atoms with E-state index in [0.717, 1.165) is 0 Å². The molecular formula is C8H10O3. The van der Waals surface area contributed by atoms with Crippen LogP contribution in [-0.4, -0.2) is 31.7 Å². The Labute approximate surface area is 66.3 Å². The van der Waals surface area contributed by atoms with E-state index in [4.69, 9.17) is 21.0 Å². The molecule has 0 amide bonds. The molecule has 1 N–H and O–H groups in total. The van der Waals surface area contributed by atoms with Crippen LogP contribution in [-0.2, 0) is 9.47 Å². The van der Waals surface area contributed by atoms with E-state index >= 15 is 0 Å². The van der Waals surface area contributed by atoms with Gasteiger partial charge in [-0.15, -0.1) is 6.42 Å². The lowest BCUT2D eigenvalue weighted by Gasteiger charge is -1.97. The van der Waals surface area contributed by atoms with Crippen LogP contribution in [0.3, 0.4) is 0 Å². The molecule has 0 aromatic rings. The van der Waals surface area contributed by atoms with E-state index in [-0.39, 0.29) is 26.6 Å². The van der Waals surface area contributed by atoms with E-state index in [0.29, 0.717) is 0 Å². The van der Waals surface area contributed by atoms with Gasteiger partial charge in [0.1, 0.15) is 26.6 Å². The van der Waals surface area contributed by atoms with Crippen molar-refractivity contribution in [2.45, 2.75) is 0 Å². The zero-order valence-electron chi connectivity index (χ0n) is 6.17. The van der Waals surface area contributed by atoms with E-state index in [9.17, 15) is 0 Å². The molecule has 0 heterocycles. The molecular weight excluding hydrogens is 144 g/mol. The van der Waals surface area contributed by atoms with Gasteiger partial charge in [0.25, 0.3) is 0 Å². The van der Waals surface area contributed by atoms with Crippen molar-refractivity contribution in [1.29, 1.82) is 0 Å². The standard InChI is InChI=1S/C8H10O3/c1-2-6-10-8-11-7-4-3-5-9/h1,9H,5-8H2. The maximum Gasteiger partial charge on any atom is 0.149 e. The second-order valence-electron chi connectivity index (χ2n) is 1.53. The SMILES string of the molecule is C#CCOCOCC#CCO. The Morgan fingerprint density at radius 2 is 1.91 bits per heavy atom. The number of rotatable bonds is 4. The van der Waals surface area contributed by atoms with E-state index in [2.05, 4.69) is 17.8 Å². The number of ether oxygens (including phenoxy) is 2. The zero-order valence-corrected chi connectivity index (χ0v) is 6.17. The summed E-state index contributed by atoms with van der Waals surface area (Å²) in [6, 6.07) is 0. The van der Waals surface area contributed by atoms with Gasteiger partial charge in [0.2, 0.25) is 0 Å². The lowest BCUT2D eigenvalue weighted by molar-refractivity contribution is -0.0294. The molecule has 0 rings (SSSR count). The lowest BCUT2D eigenvalue weighted by atomic mass is 10.6. The summed E-state index contributed by atoms with van der Waals surface area (Å²) in [4.78, 5) is 0. The molecule has 0 saturated carbocycles. The van der Waals surface area contributed by atoms with Crippen molar-refractivity contribution >= 4 is 0 Å². The highest BCUT2D eigenvalue weighted by Crippen LogP contribution is 1.75. The second kappa shape index (κ2) is 9.00. The van der Waals surface area contributed by atoms with Crippen molar-refractivity contribution in [3.05, 3.63) is 0 Å². The topological polar surface area (TPSA) is 38.7 Å². The number of hydrogen-bond acceptors (Lipinski definition) is 3. The predicted octanol–water partition coefficient (Wildman–Crippen LogP) is -0.394. The highest BCUT2D eigenvalue weighted by Gasteiger charge is 1.81. The normalized spacial score (nSPS) is 8.00. The van der Waals surface area contributed by atoms with Gasteiger partial charge in [0.15, 0.2) is 0 Å². The third-order valence-electron chi connectivity index (χ3n) is 0.730. The molecule has 0 aromatic carbocycles. The monoisotopic (exact) mass is 154 g/mol. The molecule has 0 saturated heterocycles. The molecule has 0 radical (unpaired) electrons. The predicted molar refractivity (Wildman–Crippen MR) is 40.5 cm³/mol. The average molecular weight is 154 g/mol. The minimum absolute atomic E-state index is 0.143. The van der Waals surface area contributed by atoms with Crippen molar-refractivity contribution in [1.82, 2.24) is 0 Å². The molecule has 60 valence electrons. The second-order valence-corrected chi connectivity index (χ2v) is 1.53. The molecule has 0 fully saturated rings. The van der Waals surface area contributed by atoms with Gasteiger partial charge in [0, 0.05) is 0 Å². The molecule has 0 atom stereocenters. The van der Waals surface area contributed by atoms with Crippen LogP contribution in [0.5, 0.6) is 0 Å². The maximum absolute atomic E-state index is 8.22. The fourth-order valence-corrected chi connectivity index (χ4v) is 0.359. The molecule has 0 bridgehead atoms. The van der Waals surface area contributed by atoms with Crippen molar-refractivity contribution in [2.24, 2.45) is 0 Å². The van der Waals surface area contributed by atoms with Crippen LogP contribution in [0.1, 0.15) is 0 Å². The lowest BCUT2D eigenvalue weighted by Crippen LogP contribution is -2.00. The first kappa shape index (κ1) is 10.0. The Morgan fingerprint density at radius 3 is 2.55 bits per heavy atom. The molecule has 3 nitrogen and oxygen atoms in total. The first-order valence-electron chi connectivity index (χ1n) is 3.07. The number of aliphatic hydroxyl groups excluding tert-OH is 1. The summed E-state index contributed by atoms with van der Waals surface area (Å²) in [5.74, 6) is 7.27. The van der Waals surface area contributed by atoms with Gasteiger partial charge in [-0.05, 0) is 0 Å². The van der Waals surface area contributed by atoms with E-state index in [1.54, 1.807) is 0 Å². The summed E-state index contributed by atoms with van der Waals surface area (Å²) in [6.45, 7) is 0.497. The molecule has 0 aliphatic heterocycles. The third kappa shape index (κ3) is 9.00. The molecule has 0 aliphatic carbocycles. The largest absolute Gasteiger partial charge is 0.384 e. The quantitative estimate of drug-likeness (QED) is 0.340. The van der Waals surface area contributed by atoms with Gasteiger partial charge in [0.05, 0.1) is 0 Å². The van der Waals surface area contributed by atoms with Gasteiger partial charge < -0.3 is 14.6 Å². The van der Waals surface area contributed by atoms with Crippen LogP contribution < -0.4 is 0 Å². The Kier molecular flexibility index (Phi) is 8.18. The van der Waals surface area contributed by atoms with Crippen LogP contribution in [0, 0.1) is 24.2 Å². The van der Waals surface area contributed by atoms with Gasteiger partial charge in [-0.25, -0.2) is 0 Å². The van der Waals surface area contributed by atoms with Crippen LogP contribution >= 0.6 is 0 Å². The molecule has 0 aliphatic rings. The Morgan fingerprint density at radius 1 is 1.18 bits per heavy atom. The molecule has 3 heteroatoms. The minimum atomic E-state index is -0.144. The van der Waals surface area contributed by atoms with Crippen molar-refractivity contribution in [3.63, 3.8) is 0 Å². The molecule has 0 spiro atoms. The van der Waals surface area contributed by atoms with Crippen LogP contribution in [0.25, 0.3) is 0 Å². The minimum Gasteiger partial charge on any atom is -0.384 e. The first-order chi connectivity index (χ1) is 5.41. The van der Waals surface area contributed by atoms with Crippen LogP contribution in [0.4, 0.5) is 0 Å². The van der Waals surface area contributed by atoms with Crippen molar-refractivity contribution < 1.29 is 14.6 Å². The Balaban J connectivity index is 2.97. The van der Waals surface area contributed by atoms with E-state index in [1.807, 2.05) is 0 Å². The summed E-state index contributed by atoms with van der Waals surface area (Å²) < 4.78 is 9.61. The van der Waals surface area contributed by atoms with Crippen molar-refractivity contribution in [3.8, 4) is 24.2 Å². The zero-order chi connectivity index (χ0) is 8.36. The van der Waals surface area contributed by atoms with Gasteiger partial charge in [-0.3, -0.25) is 0 Å². The Hall–Kier alpha value is -1.00. The van der Waals surface area contributed by atoms with E-state index < -0.39 is 0 Å². The summed E-state index contributed by atoms with van der Waals surface area (Å²) >= 11 is 0.